The van der Waals surface area contributed by atoms with Gasteiger partial charge in [0.2, 0.25) is 5.91 Å². The smallest absolute Gasteiger partial charge is 0.275 e. The van der Waals surface area contributed by atoms with E-state index in [1.165, 1.54) is 19.3 Å². The molecule has 1 aromatic heterocycles. The van der Waals surface area contributed by atoms with Crippen LogP contribution in [0.5, 0.6) is 0 Å². The first-order valence-electron chi connectivity index (χ1n) is 10.2. The first kappa shape index (κ1) is 17.7. The Morgan fingerprint density at radius 2 is 1.82 bits per heavy atom. The molecule has 4 unspecified atom stereocenters. The number of rotatable bonds is 3. The van der Waals surface area contributed by atoms with Crippen molar-refractivity contribution in [2.45, 2.75) is 50.7 Å². The fourth-order valence-corrected chi connectivity index (χ4v) is 5.31. The van der Waals surface area contributed by atoms with Gasteiger partial charge in [-0.05, 0) is 37.8 Å². The van der Waals surface area contributed by atoms with Gasteiger partial charge in [0.15, 0.2) is 0 Å². The molecule has 0 bridgehead atoms. The van der Waals surface area contributed by atoms with E-state index in [0.29, 0.717) is 12.3 Å². The summed E-state index contributed by atoms with van der Waals surface area (Å²) in [7, 11) is 1.92. The number of amides is 1. The summed E-state index contributed by atoms with van der Waals surface area (Å²) in [5, 5.41) is 3.07. The molecule has 4 atom stereocenters. The Hall–Kier alpha value is -2.38. The number of carbonyl (C=O) groups is 1. The zero-order chi connectivity index (χ0) is 19.4. The first-order chi connectivity index (χ1) is 13.6. The van der Waals surface area contributed by atoms with E-state index in [1.807, 2.05) is 49.0 Å². The summed E-state index contributed by atoms with van der Waals surface area (Å²) in [6.45, 7) is 1.99. The Labute approximate surface area is 164 Å². The quantitative estimate of drug-likeness (QED) is 0.749. The summed E-state index contributed by atoms with van der Waals surface area (Å²) in [5.41, 5.74) is 9.27. The zero-order valence-electron chi connectivity index (χ0n) is 16.3. The van der Waals surface area contributed by atoms with Gasteiger partial charge in [0.25, 0.3) is 5.56 Å². The highest BCUT2D eigenvalue weighted by atomic mass is 16.2. The van der Waals surface area contributed by atoms with E-state index in [4.69, 9.17) is 0 Å². The van der Waals surface area contributed by atoms with Crippen molar-refractivity contribution in [3.63, 3.8) is 0 Å². The van der Waals surface area contributed by atoms with Crippen LogP contribution in [0.25, 0.3) is 5.69 Å². The molecule has 5 rings (SSSR count). The number of hydrogen-bond acceptors (Lipinski definition) is 4. The number of hydrazine groups is 1. The number of nitrogens with one attached hydrogen (secondary N) is 3. The van der Waals surface area contributed by atoms with E-state index in [9.17, 15) is 9.59 Å². The third kappa shape index (κ3) is 2.57. The molecule has 1 amide bonds. The van der Waals surface area contributed by atoms with Gasteiger partial charge >= 0.3 is 0 Å². The molecule has 1 aliphatic carbocycles. The maximum absolute atomic E-state index is 13.5. The van der Waals surface area contributed by atoms with Crippen molar-refractivity contribution in [1.29, 1.82) is 0 Å². The lowest BCUT2D eigenvalue weighted by Crippen LogP contribution is -2.53. The van der Waals surface area contributed by atoms with Gasteiger partial charge in [0.1, 0.15) is 0 Å². The minimum absolute atomic E-state index is 0.00345. The van der Waals surface area contributed by atoms with E-state index in [1.54, 1.807) is 4.68 Å². The molecule has 1 aromatic carbocycles. The zero-order valence-corrected chi connectivity index (χ0v) is 16.3. The number of piperidine rings is 1. The molecule has 0 spiro atoms. The average Bonchev–Trinajstić information content (AvgIpc) is 3.13. The minimum atomic E-state index is -0.124. The third-order valence-electron chi connectivity index (χ3n) is 7.02. The van der Waals surface area contributed by atoms with Gasteiger partial charge < -0.3 is 5.32 Å². The summed E-state index contributed by atoms with van der Waals surface area (Å²) >= 11 is 0. The molecule has 1 saturated carbocycles. The molecule has 3 heterocycles. The third-order valence-corrected chi connectivity index (χ3v) is 7.02. The van der Waals surface area contributed by atoms with Crippen molar-refractivity contribution in [3.8, 4) is 5.69 Å². The van der Waals surface area contributed by atoms with E-state index < -0.39 is 0 Å². The molecule has 2 aromatic rings. The topological polar surface area (TPSA) is 80.1 Å². The van der Waals surface area contributed by atoms with Crippen molar-refractivity contribution in [1.82, 2.24) is 25.5 Å². The van der Waals surface area contributed by atoms with Crippen LogP contribution in [-0.4, -0.2) is 27.5 Å². The highest BCUT2D eigenvalue weighted by Crippen LogP contribution is 2.43. The lowest BCUT2D eigenvalue weighted by Gasteiger charge is -2.40. The monoisotopic (exact) mass is 381 g/mol. The number of benzene rings is 1. The van der Waals surface area contributed by atoms with Crippen LogP contribution in [-0.2, 0) is 11.8 Å². The number of aromatic nitrogens is 2. The molecule has 7 heteroatoms. The van der Waals surface area contributed by atoms with Crippen LogP contribution in [0, 0.1) is 18.8 Å². The van der Waals surface area contributed by atoms with Gasteiger partial charge in [-0.25, -0.2) is 10.1 Å². The average molecular weight is 381 g/mol. The second-order valence-corrected chi connectivity index (χ2v) is 8.41. The van der Waals surface area contributed by atoms with Gasteiger partial charge in [-0.2, -0.15) is 0 Å². The number of nitrogens with zero attached hydrogens (tertiary/aromatic N) is 2. The Bertz CT molecular complexity index is 959. The first-order valence-corrected chi connectivity index (χ1v) is 10.2. The molecule has 3 N–H and O–H groups in total. The predicted octanol–water partition coefficient (Wildman–Crippen LogP) is 1.31. The summed E-state index contributed by atoms with van der Waals surface area (Å²) in [6, 6.07) is 9.98. The number of carbonyl (C=O) groups excluding carboxylic acids is 1. The summed E-state index contributed by atoms with van der Waals surface area (Å²) < 4.78 is 3.64. The van der Waals surface area contributed by atoms with Gasteiger partial charge in [-0.1, -0.05) is 24.6 Å². The van der Waals surface area contributed by atoms with Crippen molar-refractivity contribution in [3.05, 3.63) is 51.9 Å². The number of para-hydroxylation sites is 1. The highest BCUT2D eigenvalue weighted by Gasteiger charge is 2.50. The van der Waals surface area contributed by atoms with Crippen LogP contribution >= 0.6 is 0 Å². The van der Waals surface area contributed by atoms with Crippen molar-refractivity contribution in [2.75, 3.05) is 0 Å². The van der Waals surface area contributed by atoms with Crippen molar-refractivity contribution < 1.29 is 4.79 Å². The van der Waals surface area contributed by atoms with Gasteiger partial charge in [-0.15, -0.1) is 0 Å². The normalized spacial score (nSPS) is 30.0. The molecule has 7 nitrogen and oxygen atoms in total. The maximum Gasteiger partial charge on any atom is 0.275 e. The molecular formula is C21H27N5O2. The Balaban J connectivity index is 1.61. The molecule has 148 valence electrons. The van der Waals surface area contributed by atoms with Crippen molar-refractivity contribution >= 4 is 5.91 Å². The second-order valence-electron chi connectivity index (χ2n) is 8.41. The molecule has 3 fully saturated rings. The molecule has 3 aliphatic rings. The minimum Gasteiger partial charge on any atom is -0.339 e. The van der Waals surface area contributed by atoms with Crippen LogP contribution < -0.4 is 21.7 Å². The largest absolute Gasteiger partial charge is 0.339 e. The van der Waals surface area contributed by atoms with E-state index >= 15 is 0 Å². The summed E-state index contributed by atoms with van der Waals surface area (Å²) in [4.78, 5) is 26.0. The fraction of sp³-hybridized carbons (Fsp3) is 0.524. The van der Waals surface area contributed by atoms with Crippen LogP contribution in [0.3, 0.4) is 0 Å². The Morgan fingerprint density at radius 1 is 1.07 bits per heavy atom. The molecule has 2 aliphatic heterocycles. The van der Waals surface area contributed by atoms with Crippen LogP contribution in [0.1, 0.15) is 42.9 Å². The second kappa shape index (κ2) is 6.60. The maximum atomic E-state index is 13.5. The Morgan fingerprint density at radius 3 is 2.50 bits per heavy atom. The van der Waals surface area contributed by atoms with E-state index in [-0.39, 0.29) is 35.5 Å². The van der Waals surface area contributed by atoms with Crippen LogP contribution in [0.2, 0.25) is 0 Å². The van der Waals surface area contributed by atoms with Crippen LogP contribution in [0.15, 0.2) is 35.1 Å². The van der Waals surface area contributed by atoms with Gasteiger partial charge in [0.05, 0.1) is 11.9 Å². The fourth-order valence-electron chi connectivity index (χ4n) is 5.31. The molecular weight excluding hydrogens is 354 g/mol. The lowest BCUT2D eigenvalue weighted by molar-refractivity contribution is -0.125. The summed E-state index contributed by atoms with van der Waals surface area (Å²) in [6.07, 6.45) is 3.93. The van der Waals surface area contributed by atoms with Crippen molar-refractivity contribution in [2.24, 2.45) is 18.9 Å². The summed E-state index contributed by atoms with van der Waals surface area (Å²) in [5.74, 6) is 0.709. The van der Waals surface area contributed by atoms with Gasteiger partial charge in [0, 0.05) is 42.6 Å². The SMILES string of the molecule is Cc1c(C2CC(=O)NC3NNC(C4CCC4)C32)c(=O)n(-c2ccccc2)n1C. The highest BCUT2D eigenvalue weighted by molar-refractivity contribution is 5.78. The predicted molar refractivity (Wildman–Crippen MR) is 106 cm³/mol. The lowest BCUT2D eigenvalue weighted by atomic mass is 9.68. The Kier molecular flexibility index (Phi) is 4.17. The van der Waals surface area contributed by atoms with Crippen LogP contribution in [0.4, 0.5) is 0 Å². The molecule has 28 heavy (non-hydrogen) atoms. The molecule has 2 saturated heterocycles. The van der Waals surface area contributed by atoms with Gasteiger partial charge in [-0.3, -0.25) is 19.7 Å². The van der Waals surface area contributed by atoms with E-state index in [0.717, 1.165) is 16.9 Å². The number of hydrogen-bond donors (Lipinski definition) is 3. The number of fused-ring (bicyclic) bond motifs is 1. The van der Waals surface area contributed by atoms with E-state index in [2.05, 4.69) is 16.2 Å². The standard InChI is InChI=1S/C21H27N5O2/c1-12-17(21(28)26(25(12)2)14-9-4-3-5-10-14)15-11-16(27)22-20-18(15)19(23-24-20)13-7-6-8-13/h3-5,9-10,13,15,18-20,23-24H,6-8,11H2,1-2H3,(H,22,27). The molecule has 0 radical (unpaired) electrons.